The zero-order valence-corrected chi connectivity index (χ0v) is 14.2. The number of nitrogens with one attached hydrogen (secondary N) is 1. The van der Waals surface area contributed by atoms with Crippen LogP contribution in [0.15, 0.2) is 18.2 Å². The van der Waals surface area contributed by atoms with Crippen LogP contribution in [0.5, 0.6) is 5.75 Å². The number of amides is 1. The van der Waals surface area contributed by atoms with Gasteiger partial charge in [-0.1, -0.05) is 0 Å². The number of nitrogens with zero attached hydrogens (tertiary/aromatic N) is 3. The van der Waals surface area contributed by atoms with Gasteiger partial charge in [0, 0.05) is 36.6 Å². The molecule has 4 rings (SSSR count). The summed E-state index contributed by atoms with van der Waals surface area (Å²) in [7, 11) is 2.04. The number of halogens is 3. The van der Waals surface area contributed by atoms with E-state index in [9.17, 15) is 18.0 Å². The number of ether oxygens (including phenoxy) is 1. The second kappa shape index (κ2) is 7.06. The van der Waals surface area contributed by atoms with Gasteiger partial charge in [-0.3, -0.25) is 19.6 Å². The van der Waals surface area contributed by atoms with Gasteiger partial charge >= 0.3 is 6.36 Å². The molecule has 1 aromatic carbocycles. The van der Waals surface area contributed by atoms with Gasteiger partial charge in [-0.2, -0.15) is 5.10 Å². The summed E-state index contributed by atoms with van der Waals surface area (Å²) < 4.78 is 40.7. The SMILES string of the molecule is CN1C[C@@H]2C[C@H]1CN2C(=O)c1n[nH]c2cc(OC(F)(F)F)ccc12.O=CO. The minimum absolute atomic E-state index is 0.173. The van der Waals surface area contributed by atoms with E-state index in [-0.39, 0.29) is 29.9 Å². The molecule has 27 heavy (non-hydrogen) atoms. The predicted molar refractivity (Wildman–Crippen MR) is 87.3 cm³/mol. The Kier molecular flexibility index (Phi) is 4.96. The third-order valence-electron chi connectivity index (χ3n) is 4.75. The number of carbonyl (C=O) groups excluding carboxylic acids is 1. The van der Waals surface area contributed by atoms with Crippen molar-refractivity contribution in [3.05, 3.63) is 23.9 Å². The van der Waals surface area contributed by atoms with Gasteiger partial charge in [0.05, 0.1) is 5.52 Å². The first kappa shape index (κ1) is 19.0. The van der Waals surface area contributed by atoms with Gasteiger partial charge in [0.1, 0.15) is 5.75 Å². The molecule has 2 fully saturated rings. The van der Waals surface area contributed by atoms with E-state index < -0.39 is 6.36 Å². The van der Waals surface area contributed by atoms with Crippen molar-refractivity contribution in [2.45, 2.75) is 24.9 Å². The topological polar surface area (TPSA) is 98.8 Å². The quantitative estimate of drug-likeness (QED) is 0.763. The molecule has 2 aliphatic heterocycles. The van der Waals surface area contributed by atoms with Crippen molar-refractivity contribution in [1.82, 2.24) is 20.0 Å². The number of aromatic nitrogens is 2. The lowest BCUT2D eigenvalue weighted by molar-refractivity contribution is -0.274. The van der Waals surface area contributed by atoms with Gasteiger partial charge < -0.3 is 14.7 Å². The van der Waals surface area contributed by atoms with Gasteiger partial charge in [-0.05, 0) is 25.6 Å². The summed E-state index contributed by atoms with van der Waals surface area (Å²) >= 11 is 0. The molecule has 0 unspecified atom stereocenters. The molecule has 0 saturated carbocycles. The summed E-state index contributed by atoms with van der Waals surface area (Å²) in [4.78, 5) is 25.1. The molecular weight excluding hydrogens is 369 g/mol. The third kappa shape index (κ3) is 3.82. The lowest BCUT2D eigenvalue weighted by Crippen LogP contribution is -2.47. The number of H-pyrrole nitrogens is 1. The van der Waals surface area contributed by atoms with Gasteiger partial charge in [-0.25, -0.2) is 0 Å². The average Bonchev–Trinajstić information content (AvgIpc) is 3.26. The molecule has 2 aromatic rings. The number of benzene rings is 1. The summed E-state index contributed by atoms with van der Waals surface area (Å²) in [6.45, 7) is 1.24. The Morgan fingerprint density at radius 1 is 1.37 bits per heavy atom. The largest absolute Gasteiger partial charge is 0.573 e. The number of alkyl halides is 3. The maximum absolute atomic E-state index is 12.7. The monoisotopic (exact) mass is 386 g/mol. The van der Waals surface area contributed by atoms with Gasteiger partial charge in [0.2, 0.25) is 0 Å². The van der Waals surface area contributed by atoms with E-state index in [1.54, 1.807) is 4.90 Å². The van der Waals surface area contributed by atoms with E-state index in [2.05, 4.69) is 19.8 Å². The van der Waals surface area contributed by atoms with E-state index in [1.807, 2.05) is 7.05 Å². The number of likely N-dealkylation sites (tertiary alicyclic amines) is 2. The first-order valence-electron chi connectivity index (χ1n) is 8.06. The molecule has 11 heteroatoms. The van der Waals surface area contributed by atoms with Gasteiger partial charge in [0.25, 0.3) is 12.4 Å². The molecule has 1 amide bonds. The number of rotatable bonds is 2. The normalized spacial score (nSPS) is 21.9. The number of aromatic amines is 1. The molecule has 2 saturated heterocycles. The fourth-order valence-corrected chi connectivity index (χ4v) is 3.61. The Labute approximate surface area is 151 Å². The third-order valence-corrected chi connectivity index (χ3v) is 4.75. The number of carboxylic acid groups (broad SMARTS) is 1. The number of piperazine rings is 1. The molecule has 1 aromatic heterocycles. The number of hydrogen-bond acceptors (Lipinski definition) is 5. The Balaban J connectivity index is 0.000000659. The standard InChI is InChI=1S/C15H15F3N4O2.CH2O2/c1-21-6-9-4-8(21)7-22(9)14(23)13-11-3-2-10(24-15(16,17)18)5-12(11)19-20-13;2-1-3/h2-3,5,8-9H,4,6-7H2,1H3,(H,19,20);1H,(H,2,3)/t8-,9-;/m0./s1. The molecule has 2 atom stereocenters. The Morgan fingerprint density at radius 2 is 2.07 bits per heavy atom. The zero-order chi connectivity index (χ0) is 19.8. The van der Waals surface area contributed by atoms with Crippen molar-refractivity contribution >= 4 is 23.3 Å². The molecule has 2 bridgehead atoms. The molecule has 2 N–H and O–H groups in total. The predicted octanol–water partition coefficient (Wildman–Crippen LogP) is 1.69. The summed E-state index contributed by atoms with van der Waals surface area (Å²) in [6.07, 6.45) is -3.80. The van der Waals surface area contributed by atoms with Gasteiger partial charge in [-0.15, -0.1) is 13.2 Å². The maximum atomic E-state index is 12.7. The van der Waals surface area contributed by atoms with Crippen LogP contribution in [-0.4, -0.2) is 76.1 Å². The van der Waals surface area contributed by atoms with E-state index in [0.29, 0.717) is 23.5 Å². The summed E-state index contributed by atoms with van der Waals surface area (Å²) in [6, 6.07) is 4.35. The molecule has 2 aliphatic rings. The molecule has 146 valence electrons. The molecule has 0 spiro atoms. The van der Waals surface area contributed by atoms with Crippen LogP contribution in [0.25, 0.3) is 10.9 Å². The van der Waals surface area contributed by atoms with E-state index >= 15 is 0 Å². The highest BCUT2D eigenvalue weighted by Crippen LogP contribution is 2.32. The summed E-state index contributed by atoms with van der Waals surface area (Å²) in [5, 5.41) is 14.0. The van der Waals surface area contributed by atoms with Gasteiger partial charge in [0.15, 0.2) is 5.69 Å². The minimum atomic E-state index is -4.76. The lowest BCUT2D eigenvalue weighted by Gasteiger charge is -2.31. The molecule has 8 nitrogen and oxygen atoms in total. The molecule has 3 heterocycles. The first-order chi connectivity index (χ1) is 12.7. The average molecular weight is 386 g/mol. The zero-order valence-electron chi connectivity index (χ0n) is 14.2. The number of fused-ring (bicyclic) bond motifs is 3. The van der Waals surface area contributed by atoms with Crippen LogP contribution in [0.3, 0.4) is 0 Å². The van der Waals surface area contributed by atoms with Crippen LogP contribution < -0.4 is 4.74 Å². The maximum Gasteiger partial charge on any atom is 0.573 e. The molecule has 0 aliphatic carbocycles. The Morgan fingerprint density at radius 3 is 2.63 bits per heavy atom. The van der Waals surface area contributed by atoms with E-state index in [1.165, 1.54) is 18.2 Å². The minimum Gasteiger partial charge on any atom is -0.483 e. The number of likely N-dealkylation sites (N-methyl/N-ethyl adjacent to an activating group) is 1. The first-order valence-corrected chi connectivity index (χ1v) is 8.06. The van der Waals surface area contributed by atoms with Crippen LogP contribution >= 0.6 is 0 Å². The molecule has 0 radical (unpaired) electrons. The van der Waals surface area contributed by atoms with Crippen molar-refractivity contribution in [1.29, 1.82) is 0 Å². The van der Waals surface area contributed by atoms with Crippen molar-refractivity contribution in [2.75, 3.05) is 20.1 Å². The van der Waals surface area contributed by atoms with Crippen LogP contribution in [0.1, 0.15) is 16.9 Å². The smallest absolute Gasteiger partial charge is 0.483 e. The highest BCUT2D eigenvalue weighted by Gasteiger charge is 2.44. The highest BCUT2D eigenvalue weighted by atomic mass is 19.4. The van der Waals surface area contributed by atoms with Crippen molar-refractivity contribution < 1.29 is 32.6 Å². The fourth-order valence-electron chi connectivity index (χ4n) is 3.61. The lowest BCUT2D eigenvalue weighted by atomic mass is 10.1. The van der Waals surface area contributed by atoms with E-state index in [4.69, 9.17) is 9.90 Å². The van der Waals surface area contributed by atoms with Crippen molar-refractivity contribution in [3.8, 4) is 5.75 Å². The van der Waals surface area contributed by atoms with E-state index in [0.717, 1.165) is 13.0 Å². The highest BCUT2D eigenvalue weighted by molar-refractivity contribution is 6.05. The summed E-state index contributed by atoms with van der Waals surface area (Å²) in [5.74, 6) is -0.536. The second-order valence-corrected chi connectivity index (χ2v) is 6.37. The Hall–Kier alpha value is -2.82. The van der Waals surface area contributed by atoms with Crippen molar-refractivity contribution in [3.63, 3.8) is 0 Å². The fraction of sp³-hybridized carbons (Fsp3) is 0.438. The number of hydrogen-bond donors (Lipinski definition) is 2. The Bertz CT molecular complexity index is 852. The van der Waals surface area contributed by atoms with Crippen LogP contribution in [0.2, 0.25) is 0 Å². The number of carbonyl (C=O) groups is 2. The molecular formula is C16H17F3N4O4. The second-order valence-electron chi connectivity index (χ2n) is 6.37. The van der Waals surface area contributed by atoms with Crippen LogP contribution in [0, 0.1) is 0 Å². The summed E-state index contributed by atoms with van der Waals surface area (Å²) in [5.41, 5.74) is 0.570. The van der Waals surface area contributed by atoms with Crippen molar-refractivity contribution in [2.24, 2.45) is 0 Å². The van der Waals surface area contributed by atoms with Crippen LogP contribution in [-0.2, 0) is 4.79 Å². The van der Waals surface area contributed by atoms with Crippen LogP contribution in [0.4, 0.5) is 13.2 Å².